The summed E-state index contributed by atoms with van der Waals surface area (Å²) in [4.78, 5) is 241. The molecule has 2 aromatic carbocycles. The van der Waals surface area contributed by atoms with Gasteiger partial charge in [-0.2, -0.15) is 0 Å². The van der Waals surface area contributed by atoms with Crippen molar-refractivity contribution in [3.05, 3.63) is 81.8 Å². The summed E-state index contributed by atoms with van der Waals surface area (Å²) in [6.07, 6.45) is -4.42. The Balaban J connectivity index is 1.36. The number of likely N-dealkylation sites (tertiary alicyclic amines) is 1. The average Bonchev–Trinajstić information content (AvgIpc) is 1.78. The van der Waals surface area contributed by atoms with Gasteiger partial charge in [-0.3, -0.25) is 67.9 Å². The number of likely N-dealkylation sites (N-methyl/N-ethyl adjacent to an activating group) is 1. The second-order valence-corrected chi connectivity index (χ2v) is 32.6. The number of piperidine rings is 1. The molecule has 11 amide bonds. The predicted molar refractivity (Wildman–Crippen MR) is 434 cm³/mol. The second-order valence-electron chi connectivity index (χ2n) is 29.1. The van der Waals surface area contributed by atoms with Gasteiger partial charge in [0.15, 0.2) is 12.8 Å². The van der Waals surface area contributed by atoms with Gasteiger partial charge in [-0.05, 0) is 100 Å². The molecule has 13 atom stereocenters. The molecule has 0 saturated carbocycles. The first-order valence-electron chi connectivity index (χ1n) is 39.0. The Labute approximate surface area is 708 Å². The largest absolute Gasteiger partial charge is 0.508 e. The van der Waals surface area contributed by atoms with Crippen LogP contribution in [-0.4, -0.2) is 257 Å². The number of phenolic OH excluding ortho intramolecular Hbond substituents is 1. The fourth-order valence-electron chi connectivity index (χ4n) is 12.3. The van der Waals surface area contributed by atoms with Crippen LogP contribution in [0.5, 0.6) is 5.75 Å². The third-order valence-corrected chi connectivity index (χ3v) is 22.4. The van der Waals surface area contributed by atoms with Crippen molar-refractivity contribution in [3.63, 3.8) is 0 Å². The van der Waals surface area contributed by atoms with Gasteiger partial charge in [0.2, 0.25) is 41.4 Å². The van der Waals surface area contributed by atoms with Crippen molar-refractivity contribution in [1.29, 1.82) is 0 Å². The van der Waals surface area contributed by atoms with Crippen LogP contribution in [0.15, 0.2) is 60.0 Å². The lowest BCUT2D eigenvalue weighted by Crippen LogP contribution is -2.59. The van der Waals surface area contributed by atoms with E-state index in [0.29, 0.717) is 36.9 Å². The zero-order valence-electron chi connectivity index (χ0n) is 68.2. The Morgan fingerprint density at radius 1 is 0.612 bits per heavy atom. The molecule has 121 heavy (non-hydrogen) atoms. The summed E-state index contributed by atoms with van der Waals surface area (Å²) in [5, 5.41) is 87.8. The Hall–Kier alpha value is -11.4. The minimum absolute atomic E-state index is 0.0217. The number of hydrogen-bond acceptors (Lipinski definition) is 27. The van der Waals surface area contributed by atoms with Gasteiger partial charge < -0.3 is 97.4 Å². The summed E-state index contributed by atoms with van der Waals surface area (Å²) >= 11 is 1.000. The number of amides is 11. The summed E-state index contributed by atoms with van der Waals surface area (Å²) in [6.45, 7) is 11.8. The minimum Gasteiger partial charge on any atom is -0.508 e. The number of carbonyl (C=O) groups is 18. The number of nitrogens with one attached hydrogen (secondary N) is 10. The summed E-state index contributed by atoms with van der Waals surface area (Å²) in [7, 11) is 3.78. The molecule has 0 spiro atoms. The standard InChI is InChI=1S/C77H109N13O28S3/c1-9-16-63(99)117-40-90(71(105)64(42(5)10-2)86-69(104)56-19-14-15-30-89(56)8)57(41(3)4)37-58(118-44(7)91)70-83-54(38-119-70)68(103)78-47(34-46-20-22-48(92)23-21-46)33-43(6)65(100)87-88-77(115)116-31-32-120-121-39-55(75(112)113)82-66(101)52(35-45-17-12-11-13-18-45)81-67(102)53(36-62(97)98)80-60(94)27-24-49(72(106)107)79-59(93)28-25-50(73(108)109)84-76(114)85-51(74(110)111)26-29-61(95)96/h11-13,17-18,20-23,38,41-43,47,49-53,55-58,64,92H,9-10,14-16,19,24-37,39-40H2,1-8H3,(H,78,103)(H,79,93)(H,80,94)(H,81,102)(H,82,101)(H,86,104)(H,87,100)(H,88,115)(H,95,96)(H,97,98)(H,106,107)(H,108,109)(H,110,111)(H,112,113)(H2,84,85,114)/t42?,43-,47+,49-,50-,51-,52-,53-,55-,56+,57+,58+,64-/m0/s1. The molecule has 1 aliphatic rings. The van der Waals surface area contributed by atoms with Gasteiger partial charge in [-0.25, -0.2) is 39.2 Å². The molecule has 668 valence electrons. The molecular formula is C77H109N13O28S3. The van der Waals surface area contributed by atoms with Crippen molar-refractivity contribution < 1.29 is 136 Å². The lowest BCUT2D eigenvalue weighted by atomic mass is 9.92. The molecule has 0 aliphatic carbocycles. The summed E-state index contributed by atoms with van der Waals surface area (Å²) in [5.74, 6) is -19.6. The zero-order chi connectivity index (χ0) is 90.2. The van der Waals surface area contributed by atoms with Crippen molar-refractivity contribution in [3.8, 4) is 5.75 Å². The number of thiazole rings is 1. The van der Waals surface area contributed by atoms with Crippen molar-refractivity contribution >= 4 is 140 Å². The monoisotopic (exact) mass is 1760 g/mol. The van der Waals surface area contributed by atoms with Crippen LogP contribution >= 0.6 is 32.9 Å². The maximum absolute atomic E-state index is 15.0. The summed E-state index contributed by atoms with van der Waals surface area (Å²) in [5.41, 5.74) is 5.39. The van der Waals surface area contributed by atoms with E-state index in [2.05, 4.69) is 47.7 Å². The van der Waals surface area contributed by atoms with Crippen molar-refractivity contribution in [2.24, 2.45) is 17.8 Å². The van der Waals surface area contributed by atoms with Gasteiger partial charge in [-0.1, -0.05) is 118 Å². The summed E-state index contributed by atoms with van der Waals surface area (Å²) < 4.78 is 16.8. The van der Waals surface area contributed by atoms with Crippen LogP contribution < -0.4 is 53.4 Å². The van der Waals surface area contributed by atoms with Crippen LogP contribution in [0.2, 0.25) is 0 Å². The van der Waals surface area contributed by atoms with Gasteiger partial charge in [0.25, 0.3) is 5.91 Å². The number of aromatic hydroxyl groups is 1. The molecule has 4 rings (SSSR count). The number of benzene rings is 2. The van der Waals surface area contributed by atoms with Gasteiger partial charge >= 0.3 is 59.9 Å². The highest BCUT2D eigenvalue weighted by molar-refractivity contribution is 8.76. The molecule has 1 aliphatic heterocycles. The molecule has 44 heteroatoms. The van der Waals surface area contributed by atoms with E-state index >= 15 is 4.79 Å². The molecule has 0 bridgehead atoms. The number of urea groups is 1. The average molecular weight is 1760 g/mol. The zero-order valence-corrected chi connectivity index (χ0v) is 70.6. The van der Waals surface area contributed by atoms with Gasteiger partial charge in [-0.15, -0.1) is 11.3 Å². The maximum atomic E-state index is 15.0. The topological polar surface area (TPSA) is 616 Å². The third kappa shape index (κ3) is 37.4. The number of aliphatic carboxylic acids is 6. The number of carboxylic acids is 6. The number of esters is 2. The fraction of sp³-hybridized carbons (Fsp3) is 0.571. The van der Waals surface area contributed by atoms with Crippen LogP contribution in [0, 0.1) is 17.8 Å². The van der Waals surface area contributed by atoms with Crippen LogP contribution in [0.1, 0.15) is 178 Å². The molecule has 1 saturated heterocycles. The number of rotatable bonds is 53. The molecule has 41 nitrogen and oxygen atoms in total. The van der Waals surface area contributed by atoms with Crippen molar-refractivity contribution in [2.75, 3.05) is 38.4 Å². The second kappa shape index (κ2) is 52.6. The van der Waals surface area contributed by atoms with Crippen LogP contribution in [0.3, 0.4) is 0 Å². The number of aromatic nitrogens is 1. The number of phenols is 1. The molecule has 2 heterocycles. The first kappa shape index (κ1) is 102. The number of carbonyl (C=O) groups excluding carboxylic acids is 12. The van der Waals surface area contributed by atoms with Crippen LogP contribution in [0.4, 0.5) is 9.59 Å². The van der Waals surface area contributed by atoms with Crippen LogP contribution in [-0.2, 0) is 99.0 Å². The summed E-state index contributed by atoms with van der Waals surface area (Å²) in [6, 6.07) is -1.12. The van der Waals surface area contributed by atoms with Crippen LogP contribution in [0.25, 0.3) is 0 Å². The van der Waals surface area contributed by atoms with E-state index in [1.165, 1.54) is 36.3 Å². The SMILES string of the molecule is CCCC(=O)OCN(C(=O)[C@@H](NC(=O)[C@H]1CCCCN1C)C(C)CC)[C@H](C[C@@H](OC(C)=O)c1nc(C(=O)N[C@@H](Cc2ccc(O)cc2)C[C@H](C)C(=O)NNC(=O)OCCSSC[C@H](NC(=O)[C@H](Cc2ccccc2)NC(=O)[C@H](CC(=O)O)NC(=O)CC[C@H](NC(=O)CC[C@H](NC(=O)N[C@@H](CCC(=O)O)C(=O)O)C(=O)O)C(=O)O)C(=O)O)cs1)C(C)C. The Morgan fingerprint density at radius 3 is 1.75 bits per heavy atom. The molecule has 1 fully saturated rings. The Kier molecular flexibility index (Phi) is 44.3. The highest BCUT2D eigenvalue weighted by atomic mass is 33.1. The lowest BCUT2D eigenvalue weighted by molar-refractivity contribution is -0.161. The van der Waals surface area contributed by atoms with E-state index in [1.807, 2.05) is 50.3 Å². The van der Waals surface area contributed by atoms with E-state index in [1.54, 1.807) is 49.4 Å². The van der Waals surface area contributed by atoms with E-state index in [0.717, 1.165) is 45.8 Å². The fourth-order valence-corrected chi connectivity index (χ4v) is 15.2. The number of nitrogens with zero attached hydrogens (tertiary/aromatic N) is 3. The molecule has 1 aromatic heterocycles. The number of hydrogen-bond donors (Lipinski definition) is 17. The molecule has 3 aromatic rings. The van der Waals surface area contributed by atoms with E-state index in [4.69, 9.17) is 19.3 Å². The van der Waals surface area contributed by atoms with Crippen molar-refractivity contribution in [1.82, 2.24) is 68.2 Å². The van der Waals surface area contributed by atoms with E-state index in [-0.39, 0.29) is 84.4 Å². The first-order chi connectivity index (χ1) is 57.2. The first-order valence-corrected chi connectivity index (χ1v) is 42.4. The van der Waals surface area contributed by atoms with Gasteiger partial charge in [0.1, 0.15) is 65.4 Å². The number of hydrazine groups is 1. The maximum Gasteiger partial charge on any atom is 0.426 e. The van der Waals surface area contributed by atoms with E-state index in [9.17, 15) is 112 Å². The predicted octanol–water partition coefficient (Wildman–Crippen LogP) is 2.97. The quantitative estimate of drug-likeness (QED) is 0.00964. The van der Waals surface area contributed by atoms with Gasteiger partial charge in [0.05, 0.1) is 12.5 Å². The highest BCUT2D eigenvalue weighted by Crippen LogP contribution is 2.33. The molecule has 1 unspecified atom stereocenters. The normalized spacial score (nSPS) is 15.5. The highest BCUT2D eigenvalue weighted by Gasteiger charge is 2.41. The third-order valence-electron chi connectivity index (χ3n) is 19.1. The Morgan fingerprint density at radius 2 is 1.19 bits per heavy atom. The van der Waals surface area contributed by atoms with Gasteiger partial charge in [0, 0.05) is 80.3 Å². The number of ether oxygens (including phenoxy) is 3. The lowest BCUT2D eigenvalue weighted by Gasteiger charge is -2.39. The smallest absolute Gasteiger partial charge is 0.426 e. The Bertz CT molecular complexity index is 4050. The molecule has 0 radical (unpaired) electrons. The van der Waals surface area contributed by atoms with E-state index < -0.39 is 225 Å². The van der Waals surface area contributed by atoms with Crippen molar-refractivity contribution in [2.45, 2.75) is 224 Å². The minimum atomic E-state index is -1.95. The number of carboxylic acid groups (broad SMARTS) is 6. The molecule has 17 N–H and O–H groups in total. The molecular weight excluding hydrogens is 1650 g/mol.